The van der Waals surface area contributed by atoms with E-state index in [4.69, 9.17) is 0 Å². The van der Waals surface area contributed by atoms with Crippen molar-refractivity contribution in [3.63, 3.8) is 0 Å². The molecule has 0 fully saturated rings. The Morgan fingerprint density at radius 3 is 2.47 bits per heavy atom. The van der Waals surface area contributed by atoms with Gasteiger partial charge >= 0.3 is 0 Å². The lowest BCUT2D eigenvalue weighted by Gasteiger charge is -2.17. The number of carbonyl (C=O) groups is 1. The molecule has 0 saturated carbocycles. The van der Waals surface area contributed by atoms with Gasteiger partial charge in [0.25, 0.3) is 0 Å². The van der Waals surface area contributed by atoms with Gasteiger partial charge in [-0.25, -0.2) is 13.2 Å². The molecule has 0 N–H and O–H groups in total. The highest BCUT2D eigenvalue weighted by atomic mass is 32.2. The Morgan fingerprint density at radius 1 is 1.21 bits per heavy atom. The highest BCUT2D eigenvalue weighted by molar-refractivity contribution is 7.98. The third kappa shape index (κ3) is 4.78. The normalized spacial score (nSPS) is 10.6. The Morgan fingerprint density at radius 2 is 1.84 bits per heavy atom. The zero-order valence-corrected chi connectivity index (χ0v) is 11.7. The molecule has 1 amide bonds. The summed E-state index contributed by atoms with van der Waals surface area (Å²) >= 11 is 1.68. The largest absolute Gasteiger partial charge is 0.345 e. The number of carbonyl (C=O) groups excluding carboxylic acids is 1. The monoisotopic (exact) mass is 291 g/mol. The van der Waals surface area contributed by atoms with Crippen LogP contribution in [-0.4, -0.2) is 36.4 Å². The topological polar surface area (TPSA) is 20.3 Å². The number of nitrogens with zero attached hydrogens (tertiary/aromatic N) is 1. The van der Waals surface area contributed by atoms with E-state index in [1.807, 2.05) is 6.26 Å². The zero-order chi connectivity index (χ0) is 14.4. The number of benzene rings is 1. The average molecular weight is 291 g/mol. The van der Waals surface area contributed by atoms with Gasteiger partial charge in [0.05, 0.1) is 6.42 Å². The fourth-order valence-corrected chi connectivity index (χ4v) is 1.99. The summed E-state index contributed by atoms with van der Waals surface area (Å²) in [6.45, 7) is 0.560. The molecule has 19 heavy (non-hydrogen) atoms. The lowest BCUT2D eigenvalue weighted by Crippen LogP contribution is -2.29. The minimum atomic E-state index is -1.25. The van der Waals surface area contributed by atoms with Crippen LogP contribution in [0.2, 0.25) is 0 Å². The minimum Gasteiger partial charge on any atom is -0.345 e. The molecule has 0 atom stereocenters. The molecule has 0 radical (unpaired) electrons. The predicted octanol–water partition coefficient (Wildman–Crippen LogP) is 2.86. The van der Waals surface area contributed by atoms with Crippen molar-refractivity contribution in [3.8, 4) is 0 Å². The lowest BCUT2D eigenvalue weighted by atomic mass is 10.1. The maximum Gasteiger partial charge on any atom is 0.226 e. The van der Waals surface area contributed by atoms with Crippen molar-refractivity contribution >= 4 is 17.7 Å². The van der Waals surface area contributed by atoms with E-state index in [9.17, 15) is 18.0 Å². The van der Waals surface area contributed by atoms with Crippen molar-refractivity contribution in [1.82, 2.24) is 4.90 Å². The molecular weight excluding hydrogens is 275 g/mol. The molecule has 0 saturated heterocycles. The van der Waals surface area contributed by atoms with E-state index in [1.54, 1.807) is 18.8 Å². The molecule has 1 aromatic carbocycles. The van der Waals surface area contributed by atoms with E-state index >= 15 is 0 Å². The van der Waals surface area contributed by atoms with Crippen molar-refractivity contribution in [2.45, 2.75) is 12.8 Å². The molecule has 0 unspecified atom stereocenters. The quantitative estimate of drug-likeness (QED) is 0.593. The summed E-state index contributed by atoms with van der Waals surface area (Å²) < 4.78 is 39.1. The fraction of sp³-hybridized carbons (Fsp3) is 0.462. The highest BCUT2D eigenvalue weighted by Gasteiger charge is 2.15. The van der Waals surface area contributed by atoms with Gasteiger partial charge in [0.2, 0.25) is 5.91 Å². The van der Waals surface area contributed by atoms with E-state index in [-0.39, 0.29) is 17.9 Å². The fourth-order valence-electron chi connectivity index (χ4n) is 1.57. The molecule has 0 spiro atoms. The first-order chi connectivity index (χ1) is 8.95. The molecule has 1 rings (SSSR count). The van der Waals surface area contributed by atoms with E-state index in [0.29, 0.717) is 12.6 Å². The van der Waals surface area contributed by atoms with Crippen molar-refractivity contribution in [1.29, 1.82) is 0 Å². The number of amides is 1. The van der Waals surface area contributed by atoms with E-state index in [0.717, 1.165) is 18.2 Å². The second kappa shape index (κ2) is 7.43. The van der Waals surface area contributed by atoms with Crippen LogP contribution in [0.4, 0.5) is 13.2 Å². The van der Waals surface area contributed by atoms with Gasteiger partial charge in [-0.3, -0.25) is 4.79 Å². The van der Waals surface area contributed by atoms with Crippen LogP contribution in [0.3, 0.4) is 0 Å². The molecule has 1 aromatic rings. The summed E-state index contributed by atoms with van der Waals surface area (Å²) in [5.41, 5.74) is -0.124. The summed E-state index contributed by atoms with van der Waals surface area (Å²) in [7, 11) is 1.61. The summed E-state index contributed by atoms with van der Waals surface area (Å²) in [6.07, 6.45) is 2.54. The third-order valence-electron chi connectivity index (χ3n) is 2.70. The Labute approximate surface area is 115 Å². The lowest BCUT2D eigenvalue weighted by molar-refractivity contribution is -0.129. The first-order valence-corrected chi connectivity index (χ1v) is 7.21. The van der Waals surface area contributed by atoms with Gasteiger partial charge in [-0.2, -0.15) is 11.8 Å². The number of likely N-dealkylation sites (N-methyl/N-ethyl adjacent to an activating group) is 1. The molecule has 0 aliphatic heterocycles. The van der Waals surface area contributed by atoms with E-state index in [1.165, 1.54) is 4.90 Å². The molecule has 0 aliphatic carbocycles. The molecule has 0 aromatic heterocycles. The minimum absolute atomic E-state index is 0.124. The van der Waals surface area contributed by atoms with Gasteiger partial charge in [0.15, 0.2) is 11.6 Å². The summed E-state index contributed by atoms with van der Waals surface area (Å²) in [5.74, 6) is -2.68. The maximum atomic E-state index is 13.4. The third-order valence-corrected chi connectivity index (χ3v) is 3.40. The standard InChI is InChI=1S/C13H16F3NOS/c1-17(4-3-5-19-2)13(18)7-9-6-11(15)12(16)8-10(9)14/h6,8H,3-5,7H2,1-2H3. The highest BCUT2D eigenvalue weighted by Crippen LogP contribution is 2.15. The van der Waals surface area contributed by atoms with Gasteiger partial charge < -0.3 is 4.90 Å². The van der Waals surface area contributed by atoms with Crippen LogP contribution < -0.4 is 0 Å². The average Bonchev–Trinajstić information content (AvgIpc) is 2.36. The summed E-state index contributed by atoms with van der Waals surface area (Å²) in [6, 6.07) is 1.20. The summed E-state index contributed by atoms with van der Waals surface area (Å²) in [5, 5.41) is 0. The molecule has 2 nitrogen and oxygen atoms in total. The molecular formula is C13H16F3NOS. The van der Waals surface area contributed by atoms with Crippen LogP contribution in [0.1, 0.15) is 12.0 Å². The van der Waals surface area contributed by atoms with Crippen molar-refractivity contribution < 1.29 is 18.0 Å². The summed E-state index contributed by atoms with van der Waals surface area (Å²) in [4.78, 5) is 13.3. The van der Waals surface area contributed by atoms with Gasteiger partial charge in [-0.15, -0.1) is 0 Å². The van der Waals surface area contributed by atoms with Crippen LogP contribution in [0.15, 0.2) is 12.1 Å². The Balaban J connectivity index is 2.64. The second-order valence-corrected chi connectivity index (χ2v) is 5.18. The molecule has 0 bridgehead atoms. The molecule has 6 heteroatoms. The van der Waals surface area contributed by atoms with Crippen LogP contribution in [0, 0.1) is 17.5 Å². The zero-order valence-electron chi connectivity index (χ0n) is 10.9. The molecule has 0 aliphatic rings. The van der Waals surface area contributed by atoms with E-state index < -0.39 is 17.5 Å². The van der Waals surface area contributed by atoms with Crippen LogP contribution in [0.25, 0.3) is 0 Å². The number of hydrogen-bond donors (Lipinski definition) is 0. The Kier molecular flexibility index (Phi) is 6.21. The van der Waals surface area contributed by atoms with Gasteiger partial charge in [-0.05, 0) is 24.5 Å². The number of rotatable bonds is 6. The Bertz CT molecular complexity index is 454. The molecule has 0 heterocycles. The SMILES string of the molecule is CSCCCN(C)C(=O)Cc1cc(F)c(F)cc1F. The van der Waals surface area contributed by atoms with E-state index in [2.05, 4.69) is 0 Å². The van der Waals surface area contributed by atoms with Crippen molar-refractivity contribution in [3.05, 3.63) is 35.1 Å². The number of thioether (sulfide) groups is 1. The van der Waals surface area contributed by atoms with Gasteiger partial charge in [0.1, 0.15) is 5.82 Å². The second-order valence-electron chi connectivity index (χ2n) is 4.20. The Hall–Kier alpha value is -1.17. The first-order valence-electron chi connectivity index (χ1n) is 5.82. The van der Waals surface area contributed by atoms with Crippen molar-refractivity contribution in [2.75, 3.05) is 25.6 Å². The van der Waals surface area contributed by atoms with Crippen LogP contribution in [0.5, 0.6) is 0 Å². The maximum absolute atomic E-state index is 13.4. The number of halogens is 3. The van der Waals surface area contributed by atoms with Crippen LogP contribution >= 0.6 is 11.8 Å². The van der Waals surface area contributed by atoms with Gasteiger partial charge in [-0.1, -0.05) is 0 Å². The van der Waals surface area contributed by atoms with Crippen LogP contribution in [-0.2, 0) is 11.2 Å². The first kappa shape index (κ1) is 15.9. The molecule has 106 valence electrons. The van der Waals surface area contributed by atoms with Crippen molar-refractivity contribution in [2.24, 2.45) is 0 Å². The van der Waals surface area contributed by atoms with Gasteiger partial charge in [0, 0.05) is 25.2 Å². The predicted molar refractivity (Wildman–Crippen MR) is 70.7 cm³/mol. The smallest absolute Gasteiger partial charge is 0.226 e. The number of hydrogen-bond acceptors (Lipinski definition) is 2.